The SMILES string of the molecule is CC(C)(C)OC(=O)N1CCN(C(=O)c2cc3nc(-c4ccc(F)cc4)cc(C4CC4)c3o2)C(C)(C)C1.CC(C)(C)OC(=O)N1CCN(C(=O)c2cc3nc(-c4ccc(F)cc4)cc(Cl)c3o2)C(C)(C)C1.CC(C)(O)C(=O)N1CCN(C(=O)c2cc3nc(-c4ccc(F)cc4)cc(C4CC4)c3o2)C(C)(C)C1.CC1(C)C[NH2+]CCN1C(=O)c1cc2nc(-c3ccc(F)cc3)cc(C3CC3)c2o1.I.II.I[I-]I.[B].[Cl-]. The number of ether oxygens (including phenoxy) is 2. The third-order valence-corrected chi connectivity index (χ3v) is 25.4. The Labute approximate surface area is 906 Å². The van der Waals surface area contributed by atoms with Gasteiger partial charge < -0.3 is 84.3 Å². The molecule has 4 aliphatic heterocycles. The number of carbonyl (C=O) groups excluding carboxylic acids is 7. The molecule has 39 heteroatoms. The van der Waals surface area contributed by atoms with Crippen LogP contribution < -0.4 is 31.0 Å². The molecule has 3 saturated carbocycles. The number of aliphatic hydroxyl groups is 1. The van der Waals surface area contributed by atoms with E-state index in [1.54, 1.807) is 108 Å². The average molecular weight is 2660 g/mol. The number of halogens is 12. The summed E-state index contributed by atoms with van der Waals surface area (Å²) in [5.74, 6) is -0.375. The first-order valence-electron chi connectivity index (χ1n) is 46.1. The van der Waals surface area contributed by atoms with E-state index in [4.69, 9.17) is 53.7 Å². The van der Waals surface area contributed by atoms with E-state index in [2.05, 4.69) is 98.6 Å². The average Bonchev–Trinajstić information content (AvgIpc) is 1.60. The van der Waals surface area contributed by atoms with E-state index in [1.165, 1.54) is 62.4 Å². The van der Waals surface area contributed by atoms with Crippen molar-refractivity contribution in [2.45, 2.75) is 206 Å². The second kappa shape index (κ2) is 46.7. The van der Waals surface area contributed by atoms with Gasteiger partial charge in [-0.05, 0) is 288 Å². The molecule has 7 amide bonds. The van der Waals surface area contributed by atoms with Crippen LogP contribution in [-0.2, 0) is 14.3 Å². The summed E-state index contributed by atoms with van der Waals surface area (Å²) in [6.07, 6.45) is 5.67. The number of rotatable bonds is 12. The molecular formula is C103H115BCl2F4I6N12O14-. The zero-order chi connectivity index (χ0) is 101. The Morgan fingerprint density at radius 3 is 0.930 bits per heavy atom. The van der Waals surface area contributed by atoms with Crippen molar-refractivity contribution in [2.75, 3.05) is 78.5 Å². The number of nitrogens with zero attached hydrogens (tertiary/aromatic N) is 11. The van der Waals surface area contributed by atoms with Gasteiger partial charge in [0, 0.05) is 168 Å². The molecular weight excluding hydrogens is 2550 g/mol. The minimum absolute atomic E-state index is 0. The molecule has 3 N–H and O–H groups in total. The van der Waals surface area contributed by atoms with Crippen molar-refractivity contribution < 1.29 is 114 Å². The summed E-state index contributed by atoms with van der Waals surface area (Å²) in [7, 11) is 0. The van der Waals surface area contributed by atoms with E-state index in [1.807, 2.05) is 106 Å². The molecule has 3 radical (unpaired) electrons. The second-order valence-electron chi connectivity index (χ2n) is 40.9. The summed E-state index contributed by atoms with van der Waals surface area (Å²) < 4.78 is 88.6. The number of carbonyl (C=O) groups is 7. The Balaban J connectivity index is 0.000000177. The van der Waals surface area contributed by atoms with Crippen molar-refractivity contribution in [3.8, 4) is 45.0 Å². The zero-order valence-corrected chi connectivity index (χ0v) is 96.3. The van der Waals surface area contributed by atoms with Crippen LogP contribution in [0.3, 0.4) is 0 Å². The van der Waals surface area contributed by atoms with Gasteiger partial charge in [0.15, 0.2) is 45.4 Å². The third kappa shape index (κ3) is 27.6. The number of piperazine rings is 4. The summed E-state index contributed by atoms with van der Waals surface area (Å²) in [4.78, 5) is 122. The first-order valence-corrected chi connectivity index (χ1v) is 65.3. The number of furan rings is 4. The van der Waals surface area contributed by atoms with Crippen LogP contribution in [0.15, 0.2) is 163 Å². The number of amides is 7. The van der Waals surface area contributed by atoms with Gasteiger partial charge in [0.05, 0.1) is 69.6 Å². The minimum Gasteiger partial charge on any atom is -1.00 e. The molecule has 7 aliphatic rings. The van der Waals surface area contributed by atoms with Crippen molar-refractivity contribution in [3.05, 3.63) is 214 Å². The van der Waals surface area contributed by atoms with E-state index in [-0.39, 0.29) is 127 Å². The monoisotopic (exact) mass is 2660 g/mol. The van der Waals surface area contributed by atoms with E-state index in [0.29, 0.717) is 163 Å². The van der Waals surface area contributed by atoms with Gasteiger partial charge in [-0.2, -0.15) is 0 Å². The van der Waals surface area contributed by atoms with Gasteiger partial charge in [0.25, 0.3) is 29.5 Å². The Kier molecular flexibility index (Phi) is 37.7. The molecule has 0 atom stereocenters. The Morgan fingerprint density at radius 2 is 0.669 bits per heavy atom. The maximum Gasteiger partial charge on any atom is 0 e. The topological polar surface area (TPSA) is 302 Å². The predicted molar refractivity (Wildman–Crippen MR) is 576 cm³/mol. The van der Waals surface area contributed by atoms with Crippen molar-refractivity contribution in [1.82, 2.24) is 54.2 Å². The molecule has 26 nitrogen and oxygen atoms in total. The van der Waals surface area contributed by atoms with Gasteiger partial charge in [-0.25, -0.2) is 47.1 Å². The molecule has 142 heavy (non-hydrogen) atoms. The molecule has 7 fully saturated rings. The van der Waals surface area contributed by atoms with Crippen molar-refractivity contribution >= 4 is 205 Å². The summed E-state index contributed by atoms with van der Waals surface area (Å²) >= 11 is 16.0. The van der Waals surface area contributed by atoms with E-state index >= 15 is 0 Å². The van der Waals surface area contributed by atoms with Crippen molar-refractivity contribution in [1.29, 1.82) is 0 Å². The number of fused-ring (bicyclic) bond motifs is 4. The zero-order valence-electron chi connectivity index (χ0n) is 81.7. The normalized spacial score (nSPS) is 17.0. The number of quaternary nitrogens is 1. The number of aromatic nitrogens is 4. The van der Waals surface area contributed by atoms with Crippen LogP contribution in [-0.4, -0.2) is 227 Å². The first-order chi connectivity index (χ1) is 65.5. The molecule has 12 heterocycles. The van der Waals surface area contributed by atoms with Gasteiger partial charge in [0.1, 0.15) is 62.1 Å². The van der Waals surface area contributed by atoms with Gasteiger partial charge in [-0.1, -0.05) is 11.6 Å². The Morgan fingerprint density at radius 1 is 0.415 bits per heavy atom. The molecule has 4 aromatic carbocycles. The molecule has 19 rings (SSSR count). The second-order valence-corrected chi connectivity index (χ2v) is 57.6. The molecule has 4 saturated heterocycles. The van der Waals surface area contributed by atoms with E-state index in [0.717, 1.165) is 102 Å². The van der Waals surface area contributed by atoms with Crippen LogP contribution in [0.4, 0.5) is 27.2 Å². The number of hydrogen-bond acceptors (Lipinski definition) is 18. The van der Waals surface area contributed by atoms with Crippen LogP contribution in [0.5, 0.6) is 0 Å². The predicted octanol–water partition coefficient (Wildman–Crippen LogP) is 17.2. The fourth-order valence-electron chi connectivity index (χ4n) is 17.8. The standard InChI is InChI=1S/C28H32FN3O4.C27H30FN3O4.C25H27ClFN3O4.C23H24FN3O2.B.ClH.I3.I2.HI/c1-27(2,3)36-26(34)31-12-13-32(28(4,5)16-31)25(33)23-15-22-24(35-23)20(17-6-7-17)14-21(30-22)18-8-10-19(29)11-9-18;1-26(2)15-30(25(33)27(3,4)34)11-12-31(26)24(32)22-14-21-23(35-22)19(16-5-6-16)13-20(29-21)17-7-9-18(28)10-8-17;1-24(2,3)34-23(32)29-10-11-30(25(4,5)14-29)22(31)20-13-19-21(33-20)17(26)12-18(28-19)15-6-8-16(27)9-7-15;1-23(2)13-25-9-10-27(23)22(28)20-12-19-21(29-20)17(14-3-4-14)11-18(26-19)15-5-7-16(24)8-6-15;;;1-3-2;1-2;/h8-11,14-15,17H,6-7,12-13,16H2,1-5H3;7-10,13-14,16,34H,5-6,11-12,15H2,1-4H3;6-9,12-13H,10-11,14H2,1-5H3;5-8,11-12,14,25H,3-4,9-10,13H2,1-2H3;;1H;;;1H/q;;;;;;-1;;. The maximum absolute atomic E-state index is 13.6. The van der Waals surface area contributed by atoms with Crippen LogP contribution in [0.2, 0.25) is 5.02 Å². The van der Waals surface area contributed by atoms with Crippen molar-refractivity contribution in [2.24, 2.45) is 0 Å². The fourth-order valence-corrected chi connectivity index (χ4v) is 18.1. The smallest absolute Gasteiger partial charge is 0 e. The largest absolute Gasteiger partial charge is 1.00 e. The molecule has 3 aliphatic carbocycles. The summed E-state index contributed by atoms with van der Waals surface area (Å²) in [5.41, 5.74) is 8.94. The summed E-state index contributed by atoms with van der Waals surface area (Å²) in [6, 6.07) is 39.1. The summed E-state index contributed by atoms with van der Waals surface area (Å²) in [5, 5.41) is 12.7. The Hall–Kier alpha value is -7.81. The van der Waals surface area contributed by atoms with Crippen LogP contribution in [0.25, 0.3) is 89.4 Å². The molecule has 0 bridgehead atoms. The quantitative estimate of drug-likeness (QED) is 0.0652. The van der Waals surface area contributed by atoms with Gasteiger partial charge in [-0.15, -0.1) is 24.0 Å². The number of pyridine rings is 4. The first kappa shape index (κ1) is 115. The van der Waals surface area contributed by atoms with Gasteiger partial charge >= 0.3 is 62.7 Å². The van der Waals surface area contributed by atoms with Crippen LogP contribution in [0.1, 0.15) is 226 Å². The summed E-state index contributed by atoms with van der Waals surface area (Å²) in [6.45, 7) is 35.1. The van der Waals surface area contributed by atoms with Crippen molar-refractivity contribution in [3.63, 3.8) is 0 Å². The molecule has 0 unspecified atom stereocenters. The minimum atomic E-state index is -1.46. The fraction of sp³-hybridized carbons (Fsp3) is 0.427. The Bertz CT molecular complexity index is 6580. The molecule has 12 aromatic rings. The molecule has 759 valence electrons. The van der Waals surface area contributed by atoms with Gasteiger partial charge in [-0.3, -0.25) is 24.0 Å². The van der Waals surface area contributed by atoms with Gasteiger partial charge in [0.2, 0.25) is 0 Å². The number of nitrogens with two attached hydrogens (primary N) is 1. The number of hydrogen-bond donors (Lipinski definition) is 2. The maximum atomic E-state index is 13.6. The van der Waals surface area contributed by atoms with E-state index < -0.39 is 39.5 Å². The molecule has 8 aromatic heterocycles. The van der Waals surface area contributed by atoms with E-state index in [9.17, 15) is 56.2 Å². The van der Waals surface area contributed by atoms with Crippen LogP contribution in [0, 0.1) is 23.3 Å². The van der Waals surface area contributed by atoms with Crippen LogP contribution >= 0.6 is 110 Å². The third-order valence-electron chi connectivity index (χ3n) is 25.1. The number of benzene rings is 4. The molecule has 0 spiro atoms.